The molecule has 19 heavy (non-hydrogen) atoms. The van der Waals surface area contributed by atoms with E-state index < -0.39 is 0 Å². The molecule has 0 bridgehead atoms. The maximum atomic E-state index is 12.4. The minimum Gasteiger partial charge on any atom is -0.323 e. The summed E-state index contributed by atoms with van der Waals surface area (Å²) in [4.78, 5) is 19.7. The SMILES string of the molecule is CC(C)c1c(-c2cnn(C)c2)[nH]c2ncnn2c1=O. The molecule has 0 aliphatic carbocycles. The van der Waals surface area contributed by atoms with Gasteiger partial charge in [0.1, 0.15) is 6.33 Å². The molecule has 0 saturated carbocycles. The van der Waals surface area contributed by atoms with E-state index in [0.29, 0.717) is 11.3 Å². The lowest BCUT2D eigenvalue weighted by molar-refractivity contribution is 0.767. The van der Waals surface area contributed by atoms with E-state index in [-0.39, 0.29) is 11.5 Å². The van der Waals surface area contributed by atoms with E-state index >= 15 is 0 Å². The van der Waals surface area contributed by atoms with Crippen molar-refractivity contribution >= 4 is 5.78 Å². The van der Waals surface area contributed by atoms with Gasteiger partial charge in [-0.05, 0) is 5.92 Å². The molecule has 3 rings (SSSR count). The van der Waals surface area contributed by atoms with Crippen LogP contribution in [0.5, 0.6) is 0 Å². The topological polar surface area (TPSA) is 80.9 Å². The predicted octanol–water partition coefficient (Wildman–Crippen LogP) is 0.941. The van der Waals surface area contributed by atoms with Crippen molar-refractivity contribution in [1.29, 1.82) is 0 Å². The first-order chi connectivity index (χ1) is 9.08. The summed E-state index contributed by atoms with van der Waals surface area (Å²) in [6.07, 6.45) is 4.96. The smallest absolute Gasteiger partial charge is 0.279 e. The average molecular weight is 258 g/mol. The number of rotatable bonds is 2. The normalized spacial score (nSPS) is 11.6. The summed E-state index contributed by atoms with van der Waals surface area (Å²) < 4.78 is 2.99. The number of aromatic amines is 1. The van der Waals surface area contributed by atoms with Crippen LogP contribution >= 0.6 is 0 Å². The molecule has 0 fully saturated rings. The summed E-state index contributed by atoms with van der Waals surface area (Å²) in [6.45, 7) is 3.96. The Balaban J connectivity index is 2.39. The van der Waals surface area contributed by atoms with Crippen molar-refractivity contribution < 1.29 is 0 Å². The van der Waals surface area contributed by atoms with Crippen LogP contribution in [0.3, 0.4) is 0 Å². The molecule has 0 atom stereocenters. The number of aryl methyl sites for hydroxylation is 1. The van der Waals surface area contributed by atoms with Crippen LogP contribution in [0.1, 0.15) is 25.3 Å². The molecule has 3 heterocycles. The van der Waals surface area contributed by atoms with Crippen LogP contribution in [0.2, 0.25) is 0 Å². The monoisotopic (exact) mass is 258 g/mol. The van der Waals surface area contributed by atoms with Gasteiger partial charge >= 0.3 is 0 Å². The van der Waals surface area contributed by atoms with E-state index in [1.807, 2.05) is 27.1 Å². The van der Waals surface area contributed by atoms with E-state index in [1.165, 1.54) is 10.8 Å². The third-order valence-corrected chi connectivity index (χ3v) is 3.05. The van der Waals surface area contributed by atoms with E-state index in [2.05, 4.69) is 20.2 Å². The van der Waals surface area contributed by atoms with Crippen LogP contribution in [0.4, 0.5) is 0 Å². The molecule has 0 aliphatic heterocycles. The maximum absolute atomic E-state index is 12.4. The van der Waals surface area contributed by atoms with E-state index in [1.54, 1.807) is 10.9 Å². The number of nitrogens with zero attached hydrogens (tertiary/aromatic N) is 5. The fourth-order valence-corrected chi connectivity index (χ4v) is 2.19. The van der Waals surface area contributed by atoms with Crippen LogP contribution in [0.25, 0.3) is 17.0 Å². The first-order valence-corrected chi connectivity index (χ1v) is 6.03. The van der Waals surface area contributed by atoms with Crippen molar-refractivity contribution in [3.63, 3.8) is 0 Å². The molecule has 0 spiro atoms. The lowest BCUT2D eigenvalue weighted by atomic mass is 10.0. The first kappa shape index (κ1) is 11.6. The number of aromatic nitrogens is 6. The zero-order valence-corrected chi connectivity index (χ0v) is 11.0. The van der Waals surface area contributed by atoms with E-state index in [4.69, 9.17) is 0 Å². The van der Waals surface area contributed by atoms with Crippen LogP contribution in [0.15, 0.2) is 23.5 Å². The van der Waals surface area contributed by atoms with E-state index in [9.17, 15) is 4.79 Å². The van der Waals surface area contributed by atoms with Gasteiger partial charge in [0.25, 0.3) is 5.56 Å². The molecule has 0 amide bonds. The fraction of sp³-hybridized carbons (Fsp3) is 0.333. The average Bonchev–Trinajstić information content (AvgIpc) is 2.96. The van der Waals surface area contributed by atoms with Gasteiger partial charge < -0.3 is 4.98 Å². The Morgan fingerprint density at radius 3 is 2.74 bits per heavy atom. The summed E-state index contributed by atoms with van der Waals surface area (Å²) in [5, 5.41) is 8.08. The largest absolute Gasteiger partial charge is 0.323 e. The molecule has 0 unspecified atom stereocenters. The number of fused-ring (bicyclic) bond motifs is 1. The molecule has 0 saturated heterocycles. The highest BCUT2D eigenvalue weighted by molar-refractivity contribution is 5.63. The van der Waals surface area contributed by atoms with Crippen molar-refractivity contribution in [3.8, 4) is 11.3 Å². The Labute approximate surface area is 108 Å². The minimum absolute atomic E-state index is 0.0764. The molecule has 7 nitrogen and oxygen atoms in total. The Bertz CT molecular complexity index is 794. The summed E-state index contributed by atoms with van der Waals surface area (Å²) in [5.41, 5.74) is 2.17. The molecule has 0 radical (unpaired) electrons. The van der Waals surface area contributed by atoms with E-state index in [0.717, 1.165) is 11.3 Å². The second-order valence-corrected chi connectivity index (χ2v) is 4.77. The quantitative estimate of drug-likeness (QED) is 0.741. The Morgan fingerprint density at radius 1 is 1.32 bits per heavy atom. The lowest BCUT2D eigenvalue weighted by Crippen LogP contribution is -2.22. The van der Waals surface area contributed by atoms with Gasteiger partial charge in [0.05, 0.1) is 11.9 Å². The lowest BCUT2D eigenvalue weighted by Gasteiger charge is -2.10. The van der Waals surface area contributed by atoms with Crippen molar-refractivity contribution in [2.45, 2.75) is 19.8 Å². The van der Waals surface area contributed by atoms with Gasteiger partial charge in [-0.3, -0.25) is 9.48 Å². The standard InChI is InChI=1S/C12H14N6O/c1-7(2)9-10(8-4-14-17(3)5-8)16-12-13-6-15-18(12)11(9)19/h4-7H,1-3H3,(H,13,15,16). The van der Waals surface area contributed by atoms with Gasteiger partial charge in [-0.15, -0.1) is 0 Å². The van der Waals surface area contributed by atoms with Crippen molar-refractivity contribution in [3.05, 3.63) is 34.6 Å². The Hall–Kier alpha value is -2.44. The van der Waals surface area contributed by atoms with Gasteiger partial charge in [0, 0.05) is 24.4 Å². The second-order valence-electron chi connectivity index (χ2n) is 4.77. The number of nitrogens with one attached hydrogen (secondary N) is 1. The summed E-state index contributed by atoms with van der Waals surface area (Å²) in [5.74, 6) is 0.515. The molecule has 3 aromatic rings. The molecule has 7 heteroatoms. The highest BCUT2D eigenvalue weighted by Gasteiger charge is 2.18. The van der Waals surface area contributed by atoms with Crippen LogP contribution < -0.4 is 5.56 Å². The van der Waals surface area contributed by atoms with Gasteiger partial charge in [0.2, 0.25) is 5.78 Å². The molecular formula is C12H14N6O. The molecule has 0 aromatic carbocycles. The minimum atomic E-state index is -0.139. The molecule has 1 N–H and O–H groups in total. The highest BCUT2D eigenvalue weighted by atomic mass is 16.1. The number of H-pyrrole nitrogens is 1. The van der Waals surface area contributed by atoms with Crippen molar-refractivity contribution in [2.75, 3.05) is 0 Å². The predicted molar refractivity (Wildman–Crippen MR) is 69.9 cm³/mol. The molecular weight excluding hydrogens is 244 g/mol. The number of hydrogen-bond acceptors (Lipinski definition) is 4. The van der Waals surface area contributed by atoms with Gasteiger partial charge in [-0.2, -0.15) is 19.7 Å². The number of hydrogen-bond donors (Lipinski definition) is 1. The summed E-state index contributed by atoms with van der Waals surface area (Å²) in [6, 6.07) is 0. The fourth-order valence-electron chi connectivity index (χ4n) is 2.19. The second kappa shape index (κ2) is 4.04. The van der Waals surface area contributed by atoms with Crippen LogP contribution in [0, 0.1) is 0 Å². The van der Waals surface area contributed by atoms with Crippen molar-refractivity contribution in [1.82, 2.24) is 29.4 Å². The van der Waals surface area contributed by atoms with Crippen LogP contribution in [-0.4, -0.2) is 29.4 Å². The Kier molecular flexibility index (Phi) is 2.48. The zero-order valence-electron chi connectivity index (χ0n) is 11.0. The molecule has 0 aliphatic rings. The van der Waals surface area contributed by atoms with Gasteiger partial charge in [-0.25, -0.2) is 0 Å². The molecule has 98 valence electrons. The van der Waals surface area contributed by atoms with Crippen molar-refractivity contribution in [2.24, 2.45) is 7.05 Å². The first-order valence-electron chi connectivity index (χ1n) is 6.03. The molecule has 3 aromatic heterocycles. The summed E-state index contributed by atoms with van der Waals surface area (Å²) >= 11 is 0. The third kappa shape index (κ3) is 1.74. The summed E-state index contributed by atoms with van der Waals surface area (Å²) in [7, 11) is 1.84. The zero-order chi connectivity index (χ0) is 13.6. The highest BCUT2D eigenvalue weighted by Crippen LogP contribution is 2.24. The van der Waals surface area contributed by atoms with Gasteiger partial charge in [0.15, 0.2) is 0 Å². The van der Waals surface area contributed by atoms with Gasteiger partial charge in [-0.1, -0.05) is 13.8 Å². The Morgan fingerprint density at radius 2 is 2.11 bits per heavy atom. The maximum Gasteiger partial charge on any atom is 0.279 e. The van der Waals surface area contributed by atoms with Crippen LogP contribution in [-0.2, 0) is 7.05 Å². The third-order valence-electron chi connectivity index (χ3n) is 3.05.